The van der Waals surface area contributed by atoms with Crippen LogP contribution in [0.5, 0.6) is 0 Å². The van der Waals surface area contributed by atoms with E-state index in [0.29, 0.717) is 10.2 Å². The number of hydrogen-bond acceptors (Lipinski definition) is 5. The molecular formula is C13H16ClN5OS. The van der Waals surface area contributed by atoms with Crippen LogP contribution < -0.4 is 5.32 Å². The zero-order valence-electron chi connectivity index (χ0n) is 12.0. The van der Waals surface area contributed by atoms with Crippen molar-refractivity contribution in [1.29, 1.82) is 0 Å². The van der Waals surface area contributed by atoms with Gasteiger partial charge in [0, 0.05) is 10.6 Å². The Labute approximate surface area is 132 Å². The number of nitrogens with one attached hydrogen (secondary N) is 1. The van der Waals surface area contributed by atoms with Gasteiger partial charge in [-0.1, -0.05) is 23.4 Å². The second-order valence-electron chi connectivity index (χ2n) is 5.44. The van der Waals surface area contributed by atoms with Gasteiger partial charge in [0.15, 0.2) is 0 Å². The highest BCUT2D eigenvalue weighted by atomic mass is 35.5. The molecule has 0 saturated carbocycles. The minimum Gasteiger partial charge on any atom is -0.351 e. The van der Waals surface area contributed by atoms with Crippen molar-refractivity contribution >= 4 is 29.3 Å². The molecule has 112 valence electrons. The van der Waals surface area contributed by atoms with Crippen molar-refractivity contribution in [1.82, 2.24) is 25.5 Å². The van der Waals surface area contributed by atoms with Gasteiger partial charge in [0.25, 0.3) is 0 Å². The number of halogens is 1. The molecular weight excluding hydrogens is 310 g/mol. The third-order valence-corrected chi connectivity index (χ3v) is 3.53. The number of nitrogens with zero attached hydrogens (tertiary/aromatic N) is 4. The van der Waals surface area contributed by atoms with Gasteiger partial charge in [0.2, 0.25) is 11.1 Å². The van der Waals surface area contributed by atoms with Crippen LogP contribution in [0.1, 0.15) is 20.8 Å². The summed E-state index contributed by atoms with van der Waals surface area (Å²) in [6.07, 6.45) is 0. The molecule has 1 N–H and O–H groups in total. The van der Waals surface area contributed by atoms with Gasteiger partial charge in [-0.15, -0.1) is 5.10 Å². The molecule has 1 aromatic carbocycles. The molecule has 21 heavy (non-hydrogen) atoms. The topological polar surface area (TPSA) is 72.7 Å². The van der Waals surface area contributed by atoms with Crippen LogP contribution in [0.3, 0.4) is 0 Å². The van der Waals surface area contributed by atoms with Crippen LogP contribution in [0.25, 0.3) is 5.69 Å². The van der Waals surface area contributed by atoms with Crippen molar-refractivity contribution in [3.8, 4) is 5.69 Å². The predicted molar refractivity (Wildman–Crippen MR) is 82.8 cm³/mol. The summed E-state index contributed by atoms with van der Waals surface area (Å²) in [5, 5.41) is 15.6. The Bertz CT molecular complexity index is 620. The maximum absolute atomic E-state index is 11.8. The summed E-state index contributed by atoms with van der Waals surface area (Å²) in [6.45, 7) is 5.81. The van der Waals surface area contributed by atoms with Crippen LogP contribution in [0.4, 0.5) is 0 Å². The summed E-state index contributed by atoms with van der Waals surface area (Å²) in [6, 6.07) is 7.16. The number of amides is 1. The van der Waals surface area contributed by atoms with Gasteiger partial charge >= 0.3 is 0 Å². The summed E-state index contributed by atoms with van der Waals surface area (Å²) in [5.74, 6) is 0.198. The lowest BCUT2D eigenvalue weighted by molar-refractivity contribution is -0.119. The molecule has 0 aliphatic rings. The summed E-state index contributed by atoms with van der Waals surface area (Å²) < 4.78 is 1.57. The van der Waals surface area contributed by atoms with Crippen molar-refractivity contribution in [2.24, 2.45) is 0 Å². The molecule has 1 amide bonds. The van der Waals surface area contributed by atoms with E-state index in [0.717, 1.165) is 5.69 Å². The zero-order chi connectivity index (χ0) is 15.5. The fourth-order valence-electron chi connectivity index (χ4n) is 1.60. The van der Waals surface area contributed by atoms with E-state index in [4.69, 9.17) is 11.6 Å². The maximum atomic E-state index is 11.8. The molecule has 0 spiro atoms. The fourth-order valence-corrected chi connectivity index (χ4v) is 2.41. The monoisotopic (exact) mass is 325 g/mol. The molecule has 0 atom stereocenters. The van der Waals surface area contributed by atoms with E-state index in [9.17, 15) is 4.79 Å². The van der Waals surface area contributed by atoms with Crippen molar-refractivity contribution in [3.05, 3.63) is 29.3 Å². The number of hydrogen-bond donors (Lipinski definition) is 1. The Morgan fingerprint density at radius 1 is 1.33 bits per heavy atom. The van der Waals surface area contributed by atoms with E-state index in [1.807, 2.05) is 32.9 Å². The summed E-state index contributed by atoms with van der Waals surface area (Å²) in [5.41, 5.74) is 0.544. The lowest BCUT2D eigenvalue weighted by Gasteiger charge is -2.20. The third-order valence-electron chi connectivity index (χ3n) is 2.36. The number of aromatic nitrogens is 4. The van der Waals surface area contributed by atoms with Gasteiger partial charge in [-0.2, -0.15) is 4.68 Å². The van der Waals surface area contributed by atoms with Gasteiger partial charge in [-0.05, 0) is 55.5 Å². The first-order chi connectivity index (χ1) is 9.85. The van der Waals surface area contributed by atoms with E-state index in [2.05, 4.69) is 20.8 Å². The van der Waals surface area contributed by atoms with E-state index >= 15 is 0 Å². The number of carbonyl (C=O) groups is 1. The molecule has 0 fully saturated rings. The standard InChI is InChI=1S/C13H16ClN5OS/c1-13(2,3)15-11(20)8-21-12-16-17-18-19(12)10-6-4-9(14)5-7-10/h4-7H,8H2,1-3H3,(H,15,20). The molecule has 2 aromatic rings. The molecule has 6 nitrogen and oxygen atoms in total. The lowest BCUT2D eigenvalue weighted by Crippen LogP contribution is -2.41. The SMILES string of the molecule is CC(C)(C)NC(=O)CSc1nnnn1-c1ccc(Cl)cc1. The van der Waals surface area contributed by atoms with Crippen molar-refractivity contribution < 1.29 is 4.79 Å². The molecule has 0 unspecified atom stereocenters. The van der Waals surface area contributed by atoms with Crippen LogP contribution in [0.2, 0.25) is 5.02 Å². The molecule has 0 bridgehead atoms. The number of carbonyl (C=O) groups excluding carboxylic acids is 1. The first-order valence-corrected chi connectivity index (χ1v) is 7.70. The Kier molecular flexibility index (Phi) is 4.84. The second kappa shape index (κ2) is 6.44. The molecule has 0 aliphatic carbocycles. The van der Waals surface area contributed by atoms with Crippen molar-refractivity contribution in [2.75, 3.05) is 5.75 Å². The average Bonchev–Trinajstić information content (AvgIpc) is 2.83. The minimum absolute atomic E-state index is 0.0573. The molecule has 0 saturated heterocycles. The number of rotatable bonds is 4. The molecule has 1 heterocycles. The molecule has 0 aliphatic heterocycles. The van der Waals surface area contributed by atoms with E-state index in [1.165, 1.54) is 11.8 Å². The smallest absolute Gasteiger partial charge is 0.230 e. The largest absolute Gasteiger partial charge is 0.351 e. The van der Waals surface area contributed by atoms with Gasteiger partial charge in [-0.3, -0.25) is 4.79 Å². The summed E-state index contributed by atoms with van der Waals surface area (Å²) in [4.78, 5) is 11.8. The number of benzene rings is 1. The molecule has 8 heteroatoms. The van der Waals surface area contributed by atoms with Crippen LogP contribution in [0, 0.1) is 0 Å². The van der Waals surface area contributed by atoms with E-state index < -0.39 is 0 Å². The first kappa shape index (κ1) is 15.8. The predicted octanol–water partition coefficient (Wildman–Crippen LogP) is 2.32. The lowest BCUT2D eigenvalue weighted by atomic mass is 10.1. The van der Waals surface area contributed by atoms with Crippen molar-refractivity contribution in [2.45, 2.75) is 31.5 Å². The Morgan fingerprint density at radius 3 is 2.62 bits per heavy atom. The maximum Gasteiger partial charge on any atom is 0.230 e. The Balaban J connectivity index is 2.04. The molecule has 2 rings (SSSR count). The Morgan fingerprint density at radius 2 is 2.00 bits per heavy atom. The molecule has 0 radical (unpaired) electrons. The normalized spacial score (nSPS) is 11.4. The van der Waals surface area contributed by atoms with Crippen molar-refractivity contribution in [3.63, 3.8) is 0 Å². The number of tetrazole rings is 1. The van der Waals surface area contributed by atoms with E-state index in [-0.39, 0.29) is 17.2 Å². The highest BCUT2D eigenvalue weighted by molar-refractivity contribution is 7.99. The average molecular weight is 326 g/mol. The highest BCUT2D eigenvalue weighted by Gasteiger charge is 2.16. The zero-order valence-corrected chi connectivity index (χ0v) is 13.6. The third kappa shape index (κ3) is 4.71. The first-order valence-electron chi connectivity index (χ1n) is 6.33. The number of thioether (sulfide) groups is 1. The van der Waals surface area contributed by atoms with Gasteiger partial charge in [-0.25, -0.2) is 0 Å². The van der Waals surface area contributed by atoms with Gasteiger partial charge in [0.05, 0.1) is 11.4 Å². The second-order valence-corrected chi connectivity index (χ2v) is 6.82. The summed E-state index contributed by atoms with van der Waals surface area (Å²) >= 11 is 7.14. The minimum atomic E-state index is -0.250. The van der Waals surface area contributed by atoms with E-state index in [1.54, 1.807) is 16.8 Å². The van der Waals surface area contributed by atoms with Crippen LogP contribution in [0.15, 0.2) is 29.4 Å². The Hall–Kier alpha value is -1.60. The van der Waals surface area contributed by atoms with Crippen LogP contribution >= 0.6 is 23.4 Å². The van der Waals surface area contributed by atoms with Crippen LogP contribution in [-0.2, 0) is 4.79 Å². The van der Waals surface area contributed by atoms with Gasteiger partial charge < -0.3 is 5.32 Å². The van der Waals surface area contributed by atoms with Gasteiger partial charge in [0.1, 0.15) is 0 Å². The van der Waals surface area contributed by atoms with Crippen LogP contribution in [-0.4, -0.2) is 37.4 Å². The highest BCUT2D eigenvalue weighted by Crippen LogP contribution is 2.19. The molecule has 1 aromatic heterocycles. The quantitative estimate of drug-likeness (QED) is 0.873. The fraction of sp³-hybridized carbons (Fsp3) is 0.385. The summed E-state index contributed by atoms with van der Waals surface area (Å²) in [7, 11) is 0.